The third-order valence-corrected chi connectivity index (χ3v) is 2.65. The molecule has 0 aliphatic carbocycles. The van der Waals surface area contributed by atoms with Crippen LogP contribution in [0, 0.1) is 12.8 Å². The van der Waals surface area contributed by atoms with Gasteiger partial charge in [-0.1, -0.05) is 0 Å². The molecule has 0 radical (unpaired) electrons. The Bertz CT molecular complexity index is 329. The molecule has 7 heteroatoms. The number of carbonyl (C=O) groups is 4. The van der Waals surface area contributed by atoms with Crippen LogP contribution in [-0.2, 0) is 19.2 Å². The van der Waals surface area contributed by atoms with Crippen molar-refractivity contribution in [2.24, 2.45) is 6.43 Å². The quantitative estimate of drug-likeness (QED) is 0.407. The van der Waals surface area contributed by atoms with Crippen molar-refractivity contribution in [1.82, 2.24) is 0 Å². The fraction of sp³-hybridized carbons (Fsp3) is 0.333. The monoisotopic (exact) mass is 372 g/mol. The number of rotatable bonds is 4. The molecule has 0 unspecified atom stereocenters. The van der Waals surface area contributed by atoms with E-state index in [0.29, 0.717) is 0 Å². The van der Waals surface area contributed by atoms with E-state index in [9.17, 15) is 19.2 Å². The molecule has 1 heterocycles. The Balaban J connectivity index is 0. The van der Waals surface area contributed by atoms with Gasteiger partial charge in [-0.2, -0.15) is 0 Å². The second kappa shape index (κ2) is 13.0. The smallest absolute Gasteiger partial charge is 0.00219 e. The largest absolute Gasteiger partial charge is 0.334 e. The molecule has 6 nitrogen and oxygen atoms in total. The number of Topliss-reactive ketones (excluding diaryl/α,β-unsaturated/α-hetero) is 4. The second-order valence-electron chi connectivity index (χ2n) is 3.39. The summed E-state index contributed by atoms with van der Waals surface area (Å²) in [6, 6.07) is 0. The first-order valence-corrected chi connectivity index (χ1v) is 7.82. The average molecular weight is 371 g/mol. The zero-order valence-electron chi connectivity index (χ0n) is 11.3. The minimum atomic E-state index is -0.532. The maximum absolute atomic E-state index is 9.98. The van der Waals surface area contributed by atoms with Crippen LogP contribution in [0.25, 0.3) is 0 Å². The van der Waals surface area contributed by atoms with Crippen molar-refractivity contribution in [3.63, 3.8) is 0 Å². The molecule has 0 saturated heterocycles. The fourth-order valence-electron chi connectivity index (χ4n) is 0.739. The summed E-state index contributed by atoms with van der Waals surface area (Å²) in [5.74, 6) is -0.750. The predicted molar refractivity (Wildman–Crippen MR) is 74.1 cm³/mol. The SMILES string of the molecule is C1=[N][Sn+2][N]=C1.CC(=O)[CH-]C(C)=O.CC(=O)[CH-]C(C)=O. The van der Waals surface area contributed by atoms with Crippen LogP contribution in [0.1, 0.15) is 27.7 Å². The van der Waals surface area contributed by atoms with Gasteiger partial charge in [-0.15, -0.1) is 0 Å². The molecule has 1 rings (SSSR count). The second-order valence-corrected chi connectivity index (χ2v) is 5.43. The average Bonchev–Trinajstić information content (AvgIpc) is 2.70. The van der Waals surface area contributed by atoms with Crippen molar-refractivity contribution >= 4 is 57.3 Å². The van der Waals surface area contributed by atoms with Crippen LogP contribution in [0.5, 0.6) is 0 Å². The van der Waals surface area contributed by atoms with Gasteiger partial charge in [0, 0.05) is 23.1 Å². The molecule has 0 spiro atoms. The Morgan fingerprint density at radius 1 is 0.737 bits per heavy atom. The third-order valence-electron chi connectivity index (χ3n) is 1.14. The first kappa shape index (κ1) is 19.9. The van der Waals surface area contributed by atoms with Crippen LogP contribution in [0.2, 0.25) is 0 Å². The predicted octanol–water partition coefficient (Wildman–Crippen LogP) is 0.413. The van der Waals surface area contributed by atoms with Gasteiger partial charge in [0.15, 0.2) is 0 Å². The van der Waals surface area contributed by atoms with E-state index in [1.165, 1.54) is 27.7 Å². The van der Waals surface area contributed by atoms with Crippen molar-refractivity contribution in [3.8, 4) is 0 Å². The fourth-order valence-corrected chi connectivity index (χ4v) is 1.69. The van der Waals surface area contributed by atoms with E-state index in [2.05, 4.69) is 6.43 Å². The molecule has 0 N–H and O–H groups in total. The van der Waals surface area contributed by atoms with Crippen LogP contribution in [0.3, 0.4) is 0 Å². The number of nitrogens with zero attached hydrogens (tertiary/aromatic N) is 2. The van der Waals surface area contributed by atoms with Gasteiger partial charge in [0.2, 0.25) is 0 Å². The van der Waals surface area contributed by atoms with Crippen LogP contribution in [0.4, 0.5) is 0 Å². The summed E-state index contributed by atoms with van der Waals surface area (Å²) in [5, 5.41) is 0. The van der Waals surface area contributed by atoms with E-state index in [4.69, 9.17) is 0 Å². The molecule has 0 aromatic heterocycles. The van der Waals surface area contributed by atoms with Crippen molar-refractivity contribution in [2.75, 3.05) is 0 Å². The first-order valence-electron chi connectivity index (χ1n) is 5.27. The van der Waals surface area contributed by atoms with E-state index < -0.39 is 21.7 Å². The first-order chi connectivity index (χ1) is 8.75. The molecule has 0 amide bonds. The van der Waals surface area contributed by atoms with Gasteiger partial charge in [-0.05, 0) is 27.7 Å². The maximum atomic E-state index is 9.98. The van der Waals surface area contributed by atoms with Crippen LogP contribution in [0.15, 0.2) is 6.43 Å². The van der Waals surface area contributed by atoms with Gasteiger partial charge in [-0.25, -0.2) is 0 Å². The Hall–Kier alpha value is -1.44. The molecule has 0 saturated carbocycles. The molecular formula is C12H16N2O4Sn. The number of hydrogen-bond acceptors (Lipinski definition) is 6. The van der Waals surface area contributed by atoms with Gasteiger partial charge >= 0.3 is 40.5 Å². The van der Waals surface area contributed by atoms with Crippen LogP contribution in [-0.4, -0.2) is 57.3 Å². The van der Waals surface area contributed by atoms with Crippen molar-refractivity contribution in [3.05, 3.63) is 12.8 Å². The van der Waals surface area contributed by atoms with E-state index in [1.54, 1.807) is 12.4 Å². The molecule has 0 fully saturated rings. The number of carbonyl (C=O) groups excluding carboxylic acids is 4. The summed E-state index contributed by atoms with van der Waals surface area (Å²) in [7, 11) is 0. The van der Waals surface area contributed by atoms with E-state index >= 15 is 0 Å². The van der Waals surface area contributed by atoms with Crippen molar-refractivity contribution in [2.45, 2.75) is 27.7 Å². The van der Waals surface area contributed by atoms with Gasteiger partial charge in [0.05, 0.1) is 0 Å². The zero-order chi connectivity index (χ0) is 15.3. The summed E-state index contributed by atoms with van der Waals surface area (Å²) >= 11 is -0.532. The number of hydrogen-bond donors (Lipinski definition) is 0. The summed E-state index contributed by atoms with van der Waals surface area (Å²) < 4.78 is 7.81. The Labute approximate surface area is 123 Å². The molecule has 1 aliphatic rings. The van der Waals surface area contributed by atoms with Crippen LogP contribution < -0.4 is 0 Å². The minimum Gasteiger partial charge on any atom is -0.334 e. The third kappa shape index (κ3) is 26.3. The molecule has 0 aromatic carbocycles. The summed E-state index contributed by atoms with van der Waals surface area (Å²) in [6.45, 7) is 5.39. The summed E-state index contributed by atoms with van der Waals surface area (Å²) in [5.41, 5.74) is 0. The van der Waals surface area contributed by atoms with Crippen LogP contribution >= 0.6 is 0 Å². The molecular weight excluding hydrogens is 355 g/mol. The van der Waals surface area contributed by atoms with E-state index in [-0.39, 0.29) is 23.1 Å². The Morgan fingerprint density at radius 3 is 1.05 bits per heavy atom. The molecule has 0 atom stereocenters. The number of ketones is 4. The van der Waals surface area contributed by atoms with Crippen molar-refractivity contribution < 1.29 is 19.2 Å². The van der Waals surface area contributed by atoms with Gasteiger partial charge in [0.25, 0.3) is 0 Å². The standard InChI is InChI=1S/2C5H7O2.C2H2N2.Sn/c2*1-4(6)3-5(2)7;3-1-2-4;/h2*3H,1-2H3;1-2H;/q2*-1;-2;+4. The molecule has 102 valence electrons. The Morgan fingerprint density at radius 2 is 1.00 bits per heavy atom. The normalized spacial score (nSPS) is 9.47. The van der Waals surface area contributed by atoms with Gasteiger partial charge in [-0.3, -0.25) is 12.8 Å². The molecule has 0 bridgehead atoms. The topological polar surface area (TPSA) is 93.0 Å². The van der Waals surface area contributed by atoms with E-state index in [0.717, 1.165) is 12.8 Å². The molecule has 1 aliphatic heterocycles. The molecule has 0 aromatic rings. The minimum absolute atomic E-state index is 0.187. The van der Waals surface area contributed by atoms with Gasteiger partial charge < -0.3 is 19.2 Å². The maximum Gasteiger partial charge on any atom is 0.00219 e. The Kier molecular flexibility index (Phi) is 13.6. The van der Waals surface area contributed by atoms with Crippen molar-refractivity contribution in [1.29, 1.82) is 0 Å². The summed E-state index contributed by atoms with van der Waals surface area (Å²) in [4.78, 5) is 39.9. The summed E-state index contributed by atoms with van der Waals surface area (Å²) in [6.07, 6.45) is 5.65. The van der Waals surface area contributed by atoms with E-state index in [1.807, 2.05) is 0 Å². The zero-order valence-corrected chi connectivity index (χ0v) is 14.2. The van der Waals surface area contributed by atoms with Gasteiger partial charge in [0.1, 0.15) is 0 Å². The molecule has 19 heavy (non-hydrogen) atoms.